The number of rotatable bonds is 8. The molecule has 0 bridgehead atoms. The van der Waals surface area contributed by atoms with E-state index in [0.717, 1.165) is 17.1 Å². The van der Waals surface area contributed by atoms with Gasteiger partial charge in [0.1, 0.15) is 5.82 Å². The van der Waals surface area contributed by atoms with Crippen LogP contribution in [0.1, 0.15) is 11.1 Å². The van der Waals surface area contributed by atoms with E-state index in [1.807, 2.05) is 36.4 Å². The zero-order valence-corrected chi connectivity index (χ0v) is 15.2. The summed E-state index contributed by atoms with van der Waals surface area (Å²) in [5.41, 5.74) is 4.38. The number of aromatic nitrogens is 2. The van der Waals surface area contributed by atoms with Crippen molar-refractivity contribution >= 4 is 11.8 Å². The zero-order chi connectivity index (χ0) is 18.2. The van der Waals surface area contributed by atoms with E-state index in [0.29, 0.717) is 25.6 Å². The topological polar surface area (TPSA) is 59.1 Å². The van der Waals surface area contributed by atoms with Crippen molar-refractivity contribution < 1.29 is 4.74 Å². The minimum Gasteiger partial charge on any atom is -0.383 e. The molecule has 3 rings (SSSR count). The monoisotopic (exact) mass is 348 g/mol. The zero-order valence-electron chi connectivity index (χ0n) is 15.2. The molecule has 1 aromatic heterocycles. The third kappa shape index (κ3) is 5.04. The van der Waals surface area contributed by atoms with Crippen LogP contribution in [0.5, 0.6) is 0 Å². The minimum absolute atomic E-state index is 0.604. The lowest BCUT2D eigenvalue weighted by Crippen LogP contribution is -2.11. The number of ether oxygens (including phenoxy) is 1. The molecule has 2 N–H and O–H groups in total. The Bertz CT molecular complexity index is 819. The third-order valence-electron chi connectivity index (χ3n) is 3.98. The lowest BCUT2D eigenvalue weighted by Gasteiger charge is -2.11. The van der Waals surface area contributed by atoms with Gasteiger partial charge in [-0.1, -0.05) is 60.2 Å². The maximum Gasteiger partial charge on any atom is 0.225 e. The molecule has 0 unspecified atom stereocenters. The maximum atomic E-state index is 5.10. The highest BCUT2D eigenvalue weighted by Crippen LogP contribution is 2.21. The van der Waals surface area contributed by atoms with Gasteiger partial charge in [0.2, 0.25) is 5.95 Å². The molecule has 0 radical (unpaired) electrons. The molecule has 3 aromatic rings. The predicted molar refractivity (Wildman–Crippen MR) is 106 cm³/mol. The van der Waals surface area contributed by atoms with Crippen LogP contribution in [0, 0.1) is 6.92 Å². The highest BCUT2D eigenvalue weighted by molar-refractivity contribution is 5.64. The highest BCUT2D eigenvalue weighted by Gasteiger charge is 2.07. The van der Waals surface area contributed by atoms with Crippen LogP contribution in [0.4, 0.5) is 11.8 Å². The van der Waals surface area contributed by atoms with Crippen LogP contribution in [0.15, 0.2) is 60.7 Å². The second kappa shape index (κ2) is 8.97. The first-order valence-corrected chi connectivity index (χ1v) is 8.71. The molecule has 26 heavy (non-hydrogen) atoms. The van der Waals surface area contributed by atoms with E-state index < -0.39 is 0 Å². The Kier molecular flexibility index (Phi) is 6.17. The van der Waals surface area contributed by atoms with Crippen molar-refractivity contribution in [3.8, 4) is 11.3 Å². The van der Waals surface area contributed by atoms with E-state index in [2.05, 4.69) is 51.8 Å². The van der Waals surface area contributed by atoms with Gasteiger partial charge in [0.05, 0.1) is 12.3 Å². The Balaban J connectivity index is 1.80. The molecule has 0 aliphatic rings. The van der Waals surface area contributed by atoms with Gasteiger partial charge in [-0.15, -0.1) is 0 Å². The number of methoxy groups -OCH3 is 1. The van der Waals surface area contributed by atoms with Gasteiger partial charge >= 0.3 is 0 Å². The van der Waals surface area contributed by atoms with Gasteiger partial charge in [0, 0.05) is 31.8 Å². The lowest BCUT2D eigenvalue weighted by atomic mass is 10.1. The van der Waals surface area contributed by atoms with Crippen LogP contribution < -0.4 is 10.6 Å². The Morgan fingerprint density at radius 3 is 2.42 bits per heavy atom. The van der Waals surface area contributed by atoms with Crippen molar-refractivity contribution in [2.75, 3.05) is 30.9 Å². The molecule has 134 valence electrons. The summed E-state index contributed by atoms with van der Waals surface area (Å²) < 4.78 is 5.10. The van der Waals surface area contributed by atoms with Crippen LogP contribution in [-0.4, -0.2) is 30.2 Å². The number of hydrogen-bond acceptors (Lipinski definition) is 5. The first kappa shape index (κ1) is 17.9. The Hall–Kier alpha value is -2.92. The molecule has 2 aromatic carbocycles. The fourth-order valence-corrected chi connectivity index (χ4v) is 2.54. The molecule has 0 atom stereocenters. The number of aryl methyl sites for hydroxylation is 1. The van der Waals surface area contributed by atoms with Crippen LogP contribution in [0.2, 0.25) is 0 Å². The molecule has 0 aliphatic heterocycles. The fourth-order valence-electron chi connectivity index (χ4n) is 2.54. The summed E-state index contributed by atoms with van der Waals surface area (Å²) in [4.78, 5) is 9.25. The fraction of sp³-hybridized carbons (Fsp3) is 0.238. The Morgan fingerprint density at radius 1 is 0.923 bits per heavy atom. The van der Waals surface area contributed by atoms with E-state index in [4.69, 9.17) is 4.74 Å². The van der Waals surface area contributed by atoms with Crippen LogP contribution in [-0.2, 0) is 11.3 Å². The quantitative estimate of drug-likeness (QED) is 0.600. The summed E-state index contributed by atoms with van der Waals surface area (Å²) in [5.74, 6) is 1.38. The summed E-state index contributed by atoms with van der Waals surface area (Å²) in [6.45, 7) is 4.08. The first-order valence-electron chi connectivity index (χ1n) is 8.71. The largest absolute Gasteiger partial charge is 0.383 e. The molecule has 5 nitrogen and oxygen atoms in total. The normalized spacial score (nSPS) is 10.5. The molecule has 0 aliphatic carbocycles. The van der Waals surface area contributed by atoms with Gasteiger partial charge in [-0.05, 0) is 12.5 Å². The highest BCUT2D eigenvalue weighted by atomic mass is 16.5. The van der Waals surface area contributed by atoms with Crippen molar-refractivity contribution in [2.45, 2.75) is 13.5 Å². The average Bonchev–Trinajstić information content (AvgIpc) is 2.68. The number of nitrogens with one attached hydrogen (secondary N) is 2. The van der Waals surface area contributed by atoms with E-state index in [9.17, 15) is 0 Å². The minimum atomic E-state index is 0.604. The predicted octanol–water partition coefficient (Wildman–Crippen LogP) is 4.12. The molecule has 1 heterocycles. The van der Waals surface area contributed by atoms with Crippen molar-refractivity contribution in [3.05, 3.63) is 71.8 Å². The van der Waals surface area contributed by atoms with Crippen LogP contribution in [0.25, 0.3) is 11.3 Å². The van der Waals surface area contributed by atoms with Gasteiger partial charge in [0.25, 0.3) is 0 Å². The second-order valence-electron chi connectivity index (χ2n) is 6.09. The smallest absolute Gasteiger partial charge is 0.225 e. The lowest BCUT2D eigenvalue weighted by molar-refractivity contribution is 0.210. The number of anilines is 2. The first-order chi connectivity index (χ1) is 12.7. The Labute approximate surface area is 154 Å². The molecule has 0 saturated heterocycles. The summed E-state index contributed by atoms with van der Waals surface area (Å²) in [6, 6.07) is 20.5. The molecular weight excluding hydrogens is 324 g/mol. The van der Waals surface area contributed by atoms with Gasteiger partial charge in [-0.25, -0.2) is 4.98 Å². The summed E-state index contributed by atoms with van der Waals surface area (Å²) in [6.07, 6.45) is 0. The maximum absolute atomic E-state index is 5.10. The van der Waals surface area contributed by atoms with Crippen molar-refractivity contribution in [1.82, 2.24) is 9.97 Å². The summed E-state index contributed by atoms with van der Waals surface area (Å²) >= 11 is 0. The van der Waals surface area contributed by atoms with E-state index >= 15 is 0 Å². The molecule has 0 spiro atoms. The van der Waals surface area contributed by atoms with Crippen molar-refractivity contribution in [3.63, 3.8) is 0 Å². The van der Waals surface area contributed by atoms with Crippen molar-refractivity contribution in [2.24, 2.45) is 0 Å². The second-order valence-corrected chi connectivity index (χ2v) is 6.09. The van der Waals surface area contributed by atoms with Gasteiger partial charge in [0.15, 0.2) is 0 Å². The van der Waals surface area contributed by atoms with E-state index in [-0.39, 0.29) is 0 Å². The third-order valence-corrected chi connectivity index (χ3v) is 3.98. The van der Waals surface area contributed by atoms with E-state index in [1.165, 1.54) is 11.1 Å². The summed E-state index contributed by atoms with van der Waals surface area (Å²) in [7, 11) is 1.69. The molecule has 5 heteroatoms. The number of nitrogens with zero attached hydrogens (tertiary/aromatic N) is 2. The molecule has 0 amide bonds. The SMILES string of the molecule is COCCNc1cc(-c2ccccc2)nc(NCc2ccc(C)cc2)n1. The van der Waals surface area contributed by atoms with Crippen LogP contribution >= 0.6 is 0 Å². The van der Waals surface area contributed by atoms with Crippen molar-refractivity contribution in [1.29, 1.82) is 0 Å². The molecule has 0 fully saturated rings. The number of hydrogen-bond donors (Lipinski definition) is 2. The van der Waals surface area contributed by atoms with E-state index in [1.54, 1.807) is 7.11 Å². The van der Waals surface area contributed by atoms with Gasteiger partial charge in [-0.3, -0.25) is 0 Å². The summed E-state index contributed by atoms with van der Waals surface area (Å²) in [5, 5.41) is 6.61. The van der Waals surface area contributed by atoms with Gasteiger partial charge < -0.3 is 15.4 Å². The molecule has 0 saturated carbocycles. The van der Waals surface area contributed by atoms with Gasteiger partial charge in [-0.2, -0.15) is 4.98 Å². The Morgan fingerprint density at radius 2 is 1.69 bits per heavy atom. The molecular formula is C21H24N4O. The average molecular weight is 348 g/mol. The van der Waals surface area contributed by atoms with Crippen LogP contribution in [0.3, 0.4) is 0 Å². The number of benzene rings is 2. The standard InChI is InChI=1S/C21H24N4O/c1-16-8-10-17(11-9-16)15-23-21-24-19(18-6-4-3-5-7-18)14-20(25-21)22-12-13-26-2/h3-11,14H,12-13,15H2,1-2H3,(H2,22,23,24,25).